The van der Waals surface area contributed by atoms with E-state index in [9.17, 15) is 4.79 Å². The van der Waals surface area contributed by atoms with Gasteiger partial charge in [0.15, 0.2) is 11.5 Å². The van der Waals surface area contributed by atoms with E-state index in [-0.39, 0.29) is 11.9 Å². The third-order valence-electron chi connectivity index (χ3n) is 3.77. The summed E-state index contributed by atoms with van der Waals surface area (Å²) in [6.07, 6.45) is 0.858. The van der Waals surface area contributed by atoms with Crippen LogP contribution in [-0.2, 0) is 0 Å². The molecule has 3 rings (SSSR count). The molecule has 0 radical (unpaired) electrons. The van der Waals surface area contributed by atoms with Gasteiger partial charge in [-0.05, 0) is 42.8 Å². The van der Waals surface area contributed by atoms with Crippen LogP contribution in [0.5, 0.6) is 11.5 Å². The Balaban J connectivity index is 1.81. The van der Waals surface area contributed by atoms with Crippen molar-refractivity contribution in [2.45, 2.75) is 19.4 Å². The van der Waals surface area contributed by atoms with Gasteiger partial charge in [0.1, 0.15) is 0 Å². The Morgan fingerprint density at radius 3 is 2.54 bits per heavy atom. The maximum atomic E-state index is 12.4. The van der Waals surface area contributed by atoms with Crippen LogP contribution in [0.25, 0.3) is 0 Å². The monoisotopic (exact) mass is 453 g/mol. The van der Waals surface area contributed by atoms with Crippen molar-refractivity contribution >= 4 is 37.8 Å². The topological polar surface area (TPSA) is 47.6 Å². The highest BCUT2D eigenvalue weighted by Crippen LogP contribution is 2.37. The molecule has 2 aromatic rings. The van der Waals surface area contributed by atoms with Crippen LogP contribution < -0.4 is 14.8 Å². The van der Waals surface area contributed by atoms with Crippen LogP contribution in [0, 0.1) is 0 Å². The Bertz CT molecular complexity index is 764. The van der Waals surface area contributed by atoms with E-state index in [0.717, 1.165) is 26.7 Å². The van der Waals surface area contributed by atoms with Gasteiger partial charge in [-0.3, -0.25) is 4.79 Å². The zero-order valence-electron chi connectivity index (χ0n) is 13.1. The van der Waals surface area contributed by atoms with E-state index < -0.39 is 0 Å². The lowest BCUT2D eigenvalue weighted by atomic mass is 10.1. The van der Waals surface area contributed by atoms with Gasteiger partial charge in [0.25, 0.3) is 5.91 Å². The number of nitrogens with one attached hydrogen (secondary N) is 1. The largest absolute Gasteiger partial charge is 0.490 e. The first-order valence-corrected chi connectivity index (χ1v) is 9.28. The zero-order chi connectivity index (χ0) is 17.1. The average Bonchev–Trinajstić information content (AvgIpc) is 2.78. The Morgan fingerprint density at radius 2 is 1.83 bits per heavy atom. The summed E-state index contributed by atoms with van der Waals surface area (Å²) in [6, 6.07) is 11.0. The molecule has 4 nitrogen and oxygen atoms in total. The first-order chi connectivity index (χ1) is 11.5. The Morgan fingerprint density at radius 1 is 1.12 bits per heavy atom. The average molecular weight is 455 g/mol. The number of halogens is 2. The number of benzene rings is 2. The maximum absolute atomic E-state index is 12.4. The highest BCUT2D eigenvalue weighted by molar-refractivity contribution is 9.10. The first-order valence-electron chi connectivity index (χ1n) is 7.70. The van der Waals surface area contributed by atoms with E-state index in [1.807, 2.05) is 31.2 Å². The molecule has 1 aliphatic rings. The lowest BCUT2D eigenvalue weighted by Crippen LogP contribution is -2.26. The van der Waals surface area contributed by atoms with Crippen molar-refractivity contribution in [2.75, 3.05) is 13.2 Å². The summed E-state index contributed by atoms with van der Waals surface area (Å²) >= 11 is 6.95. The van der Waals surface area contributed by atoms with Gasteiger partial charge in [0, 0.05) is 20.9 Å². The summed E-state index contributed by atoms with van der Waals surface area (Å²) < 4.78 is 13.2. The van der Waals surface area contributed by atoms with E-state index in [4.69, 9.17) is 9.47 Å². The lowest BCUT2D eigenvalue weighted by Gasteiger charge is -2.18. The van der Waals surface area contributed by atoms with E-state index >= 15 is 0 Å². The molecule has 2 aromatic carbocycles. The quantitative estimate of drug-likeness (QED) is 0.719. The van der Waals surface area contributed by atoms with Crippen LogP contribution in [-0.4, -0.2) is 19.1 Å². The zero-order valence-corrected chi connectivity index (χ0v) is 16.3. The Kier molecular flexibility index (Phi) is 5.46. The number of hydrogen-bond donors (Lipinski definition) is 1. The highest BCUT2D eigenvalue weighted by Gasteiger charge is 2.19. The smallest absolute Gasteiger partial charge is 0.251 e. The van der Waals surface area contributed by atoms with Crippen LogP contribution in [0.1, 0.15) is 35.3 Å². The van der Waals surface area contributed by atoms with E-state index in [1.165, 1.54) is 0 Å². The van der Waals surface area contributed by atoms with Crippen molar-refractivity contribution in [2.24, 2.45) is 0 Å². The van der Waals surface area contributed by atoms with Crippen LogP contribution in [0.15, 0.2) is 45.3 Å². The van der Waals surface area contributed by atoms with Gasteiger partial charge < -0.3 is 14.8 Å². The van der Waals surface area contributed by atoms with Crippen molar-refractivity contribution in [3.05, 3.63) is 56.5 Å². The first kappa shape index (κ1) is 17.3. The van der Waals surface area contributed by atoms with Crippen molar-refractivity contribution in [1.29, 1.82) is 0 Å². The minimum Gasteiger partial charge on any atom is -0.490 e. The number of amides is 1. The normalized spacial score (nSPS) is 14.6. The van der Waals surface area contributed by atoms with Crippen molar-refractivity contribution in [1.82, 2.24) is 5.32 Å². The number of rotatable bonds is 3. The second-order valence-electron chi connectivity index (χ2n) is 5.58. The molecule has 0 spiro atoms. The molecule has 0 aromatic heterocycles. The summed E-state index contributed by atoms with van der Waals surface area (Å²) in [5.41, 5.74) is 1.56. The van der Waals surface area contributed by atoms with Crippen molar-refractivity contribution in [3.63, 3.8) is 0 Å². The second kappa shape index (κ2) is 7.57. The number of hydrogen-bond acceptors (Lipinski definition) is 3. The van der Waals surface area contributed by atoms with Crippen LogP contribution in [0.2, 0.25) is 0 Å². The summed E-state index contributed by atoms with van der Waals surface area (Å²) in [6.45, 7) is 3.22. The van der Waals surface area contributed by atoms with Gasteiger partial charge >= 0.3 is 0 Å². The van der Waals surface area contributed by atoms with Gasteiger partial charge in [-0.15, -0.1) is 0 Å². The molecule has 0 saturated heterocycles. The van der Waals surface area contributed by atoms with Crippen LogP contribution >= 0.6 is 31.9 Å². The molecule has 1 N–H and O–H groups in total. The molecule has 0 aliphatic carbocycles. The van der Waals surface area contributed by atoms with Crippen LogP contribution in [0.4, 0.5) is 0 Å². The molecule has 1 atom stereocenters. The fraction of sp³-hybridized carbons (Fsp3) is 0.278. The summed E-state index contributed by atoms with van der Waals surface area (Å²) in [5, 5.41) is 3.02. The SMILES string of the molecule is CC(NC(=O)c1cccc(Br)c1)c1cc2c(cc1Br)OCCCO2. The highest BCUT2D eigenvalue weighted by atomic mass is 79.9. The van der Waals surface area contributed by atoms with E-state index in [1.54, 1.807) is 12.1 Å². The molecule has 1 unspecified atom stereocenters. The number of fused-ring (bicyclic) bond motifs is 1. The van der Waals surface area contributed by atoms with Gasteiger partial charge in [0.05, 0.1) is 19.3 Å². The maximum Gasteiger partial charge on any atom is 0.251 e. The number of ether oxygens (including phenoxy) is 2. The second-order valence-corrected chi connectivity index (χ2v) is 7.35. The van der Waals surface area contributed by atoms with Crippen molar-refractivity contribution in [3.8, 4) is 11.5 Å². The third kappa shape index (κ3) is 3.92. The molecule has 126 valence electrons. The standard InChI is InChI=1S/C18H17Br2NO3/c1-11(21-18(22)12-4-2-5-13(19)8-12)14-9-16-17(10-15(14)20)24-7-3-6-23-16/h2,4-5,8-11H,3,6-7H2,1H3,(H,21,22). The lowest BCUT2D eigenvalue weighted by molar-refractivity contribution is 0.0939. The molecular formula is C18H17Br2NO3. The van der Waals surface area contributed by atoms with Gasteiger partial charge in [-0.1, -0.05) is 37.9 Å². The van der Waals surface area contributed by atoms with E-state index in [0.29, 0.717) is 24.5 Å². The molecule has 0 fully saturated rings. The van der Waals surface area contributed by atoms with Gasteiger partial charge in [-0.25, -0.2) is 0 Å². The van der Waals surface area contributed by atoms with Gasteiger partial charge in [0.2, 0.25) is 0 Å². The molecule has 0 saturated carbocycles. The Labute approximate surface area is 157 Å². The molecule has 1 amide bonds. The number of carbonyl (C=O) groups excluding carboxylic acids is 1. The molecular weight excluding hydrogens is 438 g/mol. The molecule has 0 bridgehead atoms. The predicted molar refractivity (Wildman–Crippen MR) is 99.8 cm³/mol. The third-order valence-corrected chi connectivity index (χ3v) is 4.95. The molecule has 6 heteroatoms. The van der Waals surface area contributed by atoms with Crippen molar-refractivity contribution < 1.29 is 14.3 Å². The summed E-state index contributed by atoms with van der Waals surface area (Å²) in [4.78, 5) is 12.4. The minimum absolute atomic E-state index is 0.122. The predicted octanol–water partition coefficient (Wildman–Crippen LogP) is 4.86. The summed E-state index contributed by atoms with van der Waals surface area (Å²) in [5.74, 6) is 1.32. The molecule has 1 heterocycles. The summed E-state index contributed by atoms with van der Waals surface area (Å²) in [7, 11) is 0. The van der Waals surface area contributed by atoms with Crippen LogP contribution in [0.3, 0.4) is 0 Å². The minimum atomic E-state index is -0.178. The number of carbonyl (C=O) groups is 1. The molecule has 24 heavy (non-hydrogen) atoms. The van der Waals surface area contributed by atoms with Gasteiger partial charge in [-0.2, -0.15) is 0 Å². The molecule has 1 aliphatic heterocycles. The van der Waals surface area contributed by atoms with E-state index in [2.05, 4.69) is 37.2 Å². The fourth-order valence-electron chi connectivity index (χ4n) is 2.52. The fourth-order valence-corrected chi connectivity index (χ4v) is 3.58. The Hall–Kier alpha value is -1.53.